The van der Waals surface area contributed by atoms with Gasteiger partial charge >= 0.3 is 0 Å². The van der Waals surface area contributed by atoms with E-state index in [1.807, 2.05) is 18.2 Å². The maximum absolute atomic E-state index is 5.99. The summed E-state index contributed by atoms with van der Waals surface area (Å²) in [5, 5.41) is 6.76. The summed E-state index contributed by atoms with van der Waals surface area (Å²) in [5.41, 5.74) is 1.20. The van der Waals surface area contributed by atoms with Crippen LogP contribution in [0, 0.1) is 0 Å². The second-order valence-corrected chi connectivity index (χ2v) is 6.69. The predicted molar refractivity (Wildman–Crippen MR) is 116 cm³/mol. The van der Waals surface area contributed by atoms with Crippen LogP contribution in [0.5, 0.6) is 5.75 Å². The van der Waals surface area contributed by atoms with Gasteiger partial charge in [0.1, 0.15) is 5.75 Å². The number of hydrogen-bond donors (Lipinski definition) is 2. The van der Waals surface area contributed by atoms with E-state index in [4.69, 9.17) is 9.47 Å². The van der Waals surface area contributed by atoms with E-state index in [1.54, 1.807) is 14.2 Å². The maximum atomic E-state index is 5.99. The molecule has 1 aromatic carbocycles. The minimum absolute atomic E-state index is 0. The van der Waals surface area contributed by atoms with Crippen LogP contribution in [0.3, 0.4) is 0 Å². The number of nitrogens with one attached hydrogen (secondary N) is 2. The molecule has 0 spiro atoms. The van der Waals surface area contributed by atoms with Crippen LogP contribution < -0.4 is 15.4 Å². The van der Waals surface area contributed by atoms with Crippen LogP contribution in [-0.4, -0.2) is 69.9 Å². The third-order valence-electron chi connectivity index (χ3n) is 5.06. The van der Waals surface area contributed by atoms with Gasteiger partial charge in [0.25, 0.3) is 0 Å². The van der Waals surface area contributed by atoms with E-state index in [0.717, 1.165) is 44.4 Å². The zero-order valence-corrected chi connectivity index (χ0v) is 18.1. The van der Waals surface area contributed by atoms with Crippen molar-refractivity contribution in [1.82, 2.24) is 15.5 Å². The Labute approximate surface area is 173 Å². The van der Waals surface area contributed by atoms with Crippen molar-refractivity contribution in [1.29, 1.82) is 0 Å². The molecule has 26 heavy (non-hydrogen) atoms. The standard InChI is InChI=1S/C19H30N4O2.HI/c1-20-19(21-10-9-15-6-3-4-8-18(15)24-2)22-12-17-13-23-11-5-7-16(23)14-25-17;/h3-4,6,8,16-17H,5,7,9-14H2,1-2H3,(H2,20,21,22);1H. The highest BCUT2D eigenvalue weighted by molar-refractivity contribution is 14.0. The van der Waals surface area contributed by atoms with Crippen molar-refractivity contribution < 1.29 is 9.47 Å². The van der Waals surface area contributed by atoms with Gasteiger partial charge in [0.2, 0.25) is 0 Å². The highest BCUT2D eigenvalue weighted by Gasteiger charge is 2.32. The molecule has 0 bridgehead atoms. The minimum Gasteiger partial charge on any atom is -0.496 e. The molecular weight excluding hydrogens is 443 g/mol. The van der Waals surface area contributed by atoms with Crippen LogP contribution >= 0.6 is 24.0 Å². The molecule has 0 aromatic heterocycles. The quantitative estimate of drug-likeness (QED) is 0.375. The molecule has 3 rings (SSSR count). The third-order valence-corrected chi connectivity index (χ3v) is 5.06. The SMILES string of the molecule is CN=C(NCCc1ccccc1OC)NCC1CN2CCCC2CO1.I. The number of morpholine rings is 1. The first-order chi connectivity index (χ1) is 12.3. The number of ether oxygens (including phenoxy) is 2. The topological polar surface area (TPSA) is 58.1 Å². The summed E-state index contributed by atoms with van der Waals surface area (Å²) < 4.78 is 11.4. The molecule has 7 heteroatoms. The normalized spacial score (nSPS) is 23.1. The summed E-state index contributed by atoms with van der Waals surface area (Å²) in [6.45, 7) is 4.70. The molecule has 2 saturated heterocycles. The van der Waals surface area contributed by atoms with E-state index in [0.29, 0.717) is 6.04 Å². The number of methoxy groups -OCH3 is 1. The van der Waals surface area contributed by atoms with E-state index in [-0.39, 0.29) is 30.1 Å². The van der Waals surface area contributed by atoms with Crippen molar-refractivity contribution in [2.24, 2.45) is 4.99 Å². The lowest BCUT2D eigenvalue weighted by Crippen LogP contribution is -2.51. The summed E-state index contributed by atoms with van der Waals surface area (Å²) >= 11 is 0. The average Bonchev–Trinajstić information content (AvgIpc) is 3.12. The van der Waals surface area contributed by atoms with Gasteiger partial charge < -0.3 is 20.1 Å². The average molecular weight is 474 g/mol. The van der Waals surface area contributed by atoms with Gasteiger partial charge in [-0.25, -0.2) is 0 Å². The maximum Gasteiger partial charge on any atom is 0.191 e. The lowest BCUT2D eigenvalue weighted by atomic mass is 10.1. The fourth-order valence-corrected chi connectivity index (χ4v) is 3.67. The molecule has 1 aromatic rings. The molecule has 0 saturated carbocycles. The molecule has 0 radical (unpaired) electrons. The molecule has 146 valence electrons. The van der Waals surface area contributed by atoms with Crippen molar-refractivity contribution in [2.45, 2.75) is 31.4 Å². The Morgan fingerprint density at radius 2 is 2.19 bits per heavy atom. The molecular formula is C19H31IN4O2. The minimum atomic E-state index is 0. The molecule has 2 N–H and O–H groups in total. The van der Waals surface area contributed by atoms with Crippen LogP contribution in [0.4, 0.5) is 0 Å². The molecule has 2 heterocycles. The zero-order chi connectivity index (χ0) is 17.5. The van der Waals surface area contributed by atoms with E-state index in [2.05, 4.69) is 26.6 Å². The molecule has 2 unspecified atom stereocenters. The van der Waals surface area contributed by atoms with Crippen LogP contribution in [0.25, 0.3) is 0 Å². The molecule has 2 aliphatic heterocycles. The van der Waals surface area contributed by atoms with Gasteiger partial charge in [-0.2, -0.15) is 0 Å². The van der Waals surface area contributed by atoms with Gasteiger partial charge in [0.05, 0.1) is 19.8 Å². The van der Waals surface area contributed by atoms with Crippen LogP contribution in [0.2, 0.25) is 0 Å². The molecule has 2 fully saturated rings. The molecule has 0 aliphatic carbocycles. The number of fused-ring (bicyclic) bond motifs is 1. The number of benzene rings is 1. The van der Waals surface area contributed by atoms with Gasteiger partial charge in [0.15, 0.2) is 5.96 Å². The second kappa shape index (κ2) is 10.9. The first kappa shape index (κ1) is 21.2. The van der Waals surface area contributed by atoms with E-state index >= 15 is 0 Å². The summed E-state index contributed by atoms with van der Waals surface area (Å²) in [5.74, 6) is 1.75. The van der Waals surface area contributed by atoms with Crippen molar-refractivity contribution in [3.05, 3.63) is 29.8 Å². The van der Waals surface area contributed by atoms with Gasteiger partial charge in [-0.1, -0.05) is 18.2 Å². The number of guanidine groups is 1. The van der Waals surface area contributed by atoms with Crippen LogP contribution in [0.15, 0.2) is 29.3 Å². The smallest absolute Gasteiger partial charge is 0.191 e. The van der Waals surface area contributed by atoms with Crippen molar-refractivity contribution in [3.8, 4) is 5.75 Å². The number of nitrogens with zero attached hydrogens (tertiary/aromatic N) is 2. The Morgan fingerprint density at radius 1 is 1.35 bits per heavy atom. The molecule has 2 aliphatic rings. The van der Waals surface area contributed by atoms with Gasteiger partial charge in [-0.15, -0.1) is 24.0 Å². The molecule has 2 atom stereocenters. The molecule has 6 nitrogen and oxygen atoms in total. The fraction of sp³-hybridized carbons (Fsp3) is 0.632. The number of para-hydroxylation sites is 1. The highest BCUT2D eigenvalue weighted by Crippen LogP contribution is 2.22. The lowest BCUT2D eigenvalue weighted by Gasteiger charge is -2.35. The van der Waals surface area contributed by atoms with Gasteiger partial charge in [-0.05, 0) is 37.4 Å². The summed E-state index contributed by atoms with van der Waals surface area (Å²) in [6, 6.07) is 8.77. The summed E-state index contributed by atoms with van der Waals surface area (Å²) in [4.78, 5) is 6.87. The second-order valence-electron chi connectivity index (χ2n) is 6.69. The Balaban J connectivity index is 0.00000243. The predicted octanol–water partition coefficient (Wildman–Crippen LogP) is 1.88. The van der Waals surface area contributed by atoms with E-state index in [9.17, 15) is 0 Å². The fourth-order valence-electron chi connectivity index (χ4n) is 3.67. The number of rotatable bonds is 6. The van der Waals surface area contributed by atoms with Gasteiger partial charge in [0, 0.05) is 32.7 Å². The first-order valence-corrected chi connectivity index (χ1v) is 9.22. The number of halogens is 1. The van der Waals surface area contributed by atoms with E-state index in [1.165, 1.54) is 24.9 Å². The van der Waals surface area contributed by atoms with Crippen molar-refractivity contribution in [3.63, 3.8) is 0 Å². The van der Waals surface area contributed by atoms with Crippen molar-refractivity contribution in [2.75, 3.05) is 46.9 Å². The monoisotopic (exact) mass is 474 g/mol. The highest BCUT2D eigenvalue weighted by atomic mass is 127. The van der Waals surface area contributed by atoms with Crippen molar-refractivity contribution >= 4 is 29.9 Å². The Hall–Kier alpha value is -1.06. The third kappa shape index (κ3) is 5.72. The Morgan fingerprint density at radius 3 is 3.00 bits per heavy atom. The zero-order valence-electron chi connectivity index (χ0n) is 15.7. The Kier molecular flexibility index (Phi) is 8.94. The summed E-state index contributed by atoms with van der Waals surface area (Å²) in [7, 11) is 3.51. The summed E-state index contributed by atoms with van der Waals surface area (Å²) in [6.07, 6.45) is 3.72. The number of hydrogen-bond acceptors (Lipinski definition) is 4. The largest absolute Gasteiger partial charge is 0.496 e. The van der Waals surface area contributed by atoms with Gasteiger partial charge in [-0.3, -0.25) is 9.89 Å². The first-order valence-electron chi connectivity index (χ1n) is 9.22. The lowest BCUT2D eigenvalue weighted by molar-refractivity contribution is -0.0453. The van der Waals surface area contributed by atoms with E-state index < -0.39 is 0 Å². The Bertz CT molecular complexity index is 584. The van der Waals surface area contributed by atoms with Crippen LogP contribution in [-0.2, 0) is 11.2 Å². The number of aliphatic imine (C=N–C) groups is 1. The molecule has 0 amide bonds. The van der Waals surface area contributed by atoms with Crippen LogP contribution in [0.1, 0.15) is 18.4 Å².